The maximum atomic E-state index is 12.3. The molecular weight excluding hydrogens is 292 g/mol. The normalized spacial score (nSPS) is 14.9. The first-order valence-corrected chi connectivity index (χ1v) is 8.29. The maximum Gasteiger partial charge on any atom is 0.240 e. The van der Waals surface area contributed by atoms with Crippen molar-refractivity contribution in [1.82, 2.24) is 4.72 Å². The number of nitrogens with one attached hydrogen (secondary N) is 1. The van der Waals surface area contributed by atoms with E-state index in [1.807, 2.05) is 13.0 Å². The first kappa shape index (κ1) is 18.1. The van der Waals surface area contributed by atoms with E-state index < -0.39 is 10.0 Å². The van der Waals surface area contributed by atoms with Crippen LogP contribution in [0.1, 0.15) is 24.9 Å². The van der Waals surface area contributed by atoms with Crippen molar-refractivity contribution in [2.45, 2.75) is 30.4 Å². The highest BCUT2D eigenvalue weighted by Gasteiger charge is 2.18. The minimum Gasteiger partial charge on any atom is -0.382 e. The Morgan fingerprint density at radius 1 is 1.33 bits per heavy atom. The number of hydrogen-bond donors (Lipinski definition) is 2. The molecule has 1 aromatic carbocycles. The van der Waals surface area contributed by atoms with E-state index in [4.69, 9.17) is 15.2 Å². The molecule has 0 saturated carbocycles. The molecular formula is C14H24N2O4S. The molecule has 0 saturated heterocycles. The van der Waals surface area contributed by atoms with Crippen molar-refractivity contribution in [3.63, 3.8) is 0 Å². The molecule has 0 aromatic heterocycles. The molecule has 0 fully saturated rings. The van der Waals surface area contributed by atoms with Gasteiger partial charge in [0.05, 0.1) is 17.6 Å². The largest absolute Gasteiger partial charge is 0.382 e. The third kappa shape index (κ3) is 5.37. The van der Waals surface area contributed by atoms with E-state index in [0.29, 0.717) is 6.61 Å². The van der Waals surface area contributed by atoms with E-state index in [-0.39, 0.29) is 23.6 Å². The lowest BCUT2D eigenvalue weighted by atomic mass is 10.1. The Bertz CT molecular complexity index is 534. The zero-order valence-electron chi connectivity index (χ0n) is 12.7. The molecule has 0 bridgehead atoms. The molecule has 1 rings (SSSR count). The summed E-state index contributed by atoms with van der Waals surface area (Å²) in [5.41, 5.74) is 6.74. The summed E-state index contributed by atoms with van der Waals surface area (Å²) in [7, 11) is -0.539. The Morgan fingerprint density at radius 2 is 2.05 bits per heavy atom. The van der Waals surface area contributed by atoms with Crippen LogP contribution in [0.25, 0.3) is 0 Å². The van der Waals surface area contributed by atoms with Crippen LogP contribution >= 0.6 is 0 Å². The molecule has 2 unspecified atom stereocenters. The molecule has 7 heteroatoms. The van der Waals surface area contributed by atoms with E-state index in [0.717, 1.165) is 12.0 Å². The highest BCUT2D eigenvalue weighted by Crippen LogP contribution is 2.18. The topological polar surface area (TPSA) is 90.7 Å². The third-order valence-electron chi connectivity index (χ3n) is 3.22. The fourth-order valence-corrected chi connectivity index (χ4v) is 2.95. The summed E-state index contributed by atoms with van der Waals surface area (Å²) in [5, 5.41) is 0. The number of methoxy groups -OCH3 is 2. The molecule has 21 heavy (non-hydrogen) atoms. The molecule has 0 amide bonds. The van der Waals surface area contributed by atoms with Gasteiger partial charge in [0.15, 0.2) is 0 Å². The fraction of sp³-hybridized carbons (Fsp3) is 0.571. The zero-order valence-corrected chi connectivity index (χ0v) is 13.5. The van der Waals surface area contributed by atoms with Gasteiger partial charge >= 0.3 is 0 Å². The molecule has 0 aliphatic heterocycles. The van der Waals surface area contributed by atoms with Gasteiger partial charge in [0.2, 0.25) is 10.0 Å². The van der Waals surface area contributed by atoms with Gasteiger partial charge in [-0.2, -0.15) is 0 Å². The molecule has 0 spiro atoms. The van der Waals surface area contributed by atoms with E-state index >= 15 is 0 Å². The molecule has 2 atom stereocenters. The summed E-state index contributed by atoms with van der Waals surface area (Å²) in [6.45, 7) is 2.43. The van der Waals surface area contributed by atoms with E-state index in [2.05, 4.69) is 4.72 Å². The molecule has 6 nitrogen and oxygen atoms in total. The van der Waals surface area contributed by atoms with Crippen LogP contribution < -0.4 is 10.5 Å². The van der Waals surface area contributed by atoms with Crippen LogP contribution in [0.4, 0.5) is 0 Å². The van der Waals surface area contributed by atoms with Crippen LogP contribution in [0.3, 0.4) is 0 Å². The van der Waals surface area contributed by atoms with Crippen LogP contribution in [0.2, 0.25) is 0 Å². The van der Waals surface area contributed by atoms with Crippen molar-refractivity contribution >= 4 is 10.0 Å². The highest BCUT2D eigenvalue weighted by atomic mass is 32.2. The monoisotopic (exact) mass is 316 g/mol. The van der Waals surface area contributed by atoms with Gasteiger partial charge in [-0.15, -0.1) is 0 Å². The Labute approximate surface area is 126 Å². The first-order chi connectivity index (χ1) is 9.94. The minimum absolute atomic E-state index is 0.150. The van der Waals surface area contributed by atoms with E-state index in [1.165, 1.54) is 14.2 Å². The van der Waals surface area contributed by atoms with Crippen molar-refractivity contribution in [3.05, 3.63) is 29.8 Å². The lowest BCUT2D eigenvalue weighted by Gasteiger charge is -2.16. The predicted octanol–water partition coefficient (Wildman–Crippen LogP) is 1.04. The summed E-state index contributed by atoms with van der Waals surface area (Å²) in [5.74, 6) is 0. The van der Waals surface area contributed by atoms with Gasteiger partial charge in [0.1, 0.15) is 0 Å². The summed E-state index contributed by atoms with van der Waals surface area (Å²) < 4.78 is 37.1. The third-order valence-corrected chi connectivity index (χ3v) is 4.64. The van der Waals surface area contributed by atoms with Crippen LogP contribution in [0, 0.1) is 0 Å². The van der Waals surface area contributed by atoms with Gasteiger partial charge in [0, 0.05) is 26.8 Å². The zero-order chi connectivity index (χ0) is 15.9. The molecule has 0 aliphatic carbocycles. The second-order valence-corrected chi connectivity index (χ2v) is 6.52. The average Bonchev–Trinajstić information content (AvgIpc) is 2.50. The number of ether oxygens (including phenoxy) is 2. The van der Waals surface area contributed by atoms with E-state index in [9.17, 15) is 8.42 Å². The van der Waals surface area contributed by atoms with Crippen molar-refractivity contribution < 1.29 is 17.9 Å². The van der Waals surface area contributed by atoms with Crippen molar-refractivity contribution in [3.8, 4) is 0 Å². The molecule has 0 aliphatic rings. The van der Waals surface area contributed by atoms with Gasteiger partial charge in [-0.25, -0.2) is 13.1 Å². The SMILES string of the molecule is CCC(N)c1cccc(S(=O)(=O)NCC(COC)OC)c1. The Kier molecular flexibility index (Phi) is 7.27. The van der Waals surface area contributed by atoms with Crippen LogP contribution in [0.15, 0.2) is 29.2 Å². The van der Waals surface area contributed by atoms with Crippen LogP contribution in [-0.2, 0) is 19.5 Å². The summed E-state index contributed by atoms with van der Waals surface area (Å²) in [6.07, 6.45) is 0.419. The quantitative estimate of drug-likeness (QED) is 0.710. The van der Waals surface area contributed by atoms with Crippen molar-refractivity contribution in [2.75, 3.05) is 27.4 Å². The fourth-order valence-electron chi connectivity index (χ4n) is 1.83. The predicted molar refractivity (Wildman–Crippen MR) is 81.5 cm³/mol. The van der Waals surface area contributed by atoms with E-state index in [1.54, 1.807) is 18.2 Å². The van der Waals surface area contributed by atoms with Gasteiger partial charge in [-0.3, -0.25) is 0 Å². The summed E-state index contributed by atoms with van der Waals surface area (Å²) in [6, 6.07) is 6.51. The Balaban J connectivity index is 2.83. The van der Waals surface area contributed by atoms with Gasteiger partial charge < -0.3 is 15.2 Å². The number of nitrogens with two attached hydrogens (primary N) is 1. The molecule has 1 aromatic rings. The second kappa shape index (κ2) is 8.45. The lowest BCUT2D eigenvalue weighted by Crippen LogP contribution is -2.35. The Hall–Kier alpha value is -0.990. The van der Waals surface area contributed by atoms with Gasteiger partial charge in [-0.05, 0) is 24.1 Å². The smallest absolute Gasteiger partial charge is 0.240 e. The number of sulfonamides is 1. The lowest BCUT2D eigenvalue weighted by molar-refractivity contribution is 0.0320. The summed E-state index contributed by atoms with van der Waals surface area (Å²) in [4.78, 5) is 0.205. The van der Waals surface area contributed by atoms with Crippen LogP contribution in [-0.4, -0.2) is 41.9 Å². The maximum absolute atomic E-state index is 12.3. The average molecular weight is 316 g/mol. The minimum atomic E-state index is -3.59. The van der Waals surface area contributed by atoms with Gasteiger partial charge in [-0.1, -0.05) is 19.1 Å². The first-order valence-electron chi connectivity index (χ1n) is 6.81. The standard InChI is InChI=1S/C14H24N2O4S/c1-4-14(15)11-6-5-7-13(8-11)21(17,18)16-9-12(20-3)10-19-2/h5-8,12,14,16H,4,9-10,15H2,1-3H3. The van der Waals surface area contributed by atoms with Crippen molar-refractivity contribution in [2.24, 2.45) is 5.73 Å². The Morgan fingerprint density at radius 3 is 2.62 bits per heavy atom. The van der Waals surface area contributed by atoms with Gasteiger partial charge in [0.25, 0.3) is 0 Å². The highest BCUT2D eigenvalue weighted by molar-refractivity contribution is 7.89. The molecule has 120 valence electrons. The summed E-state index contributed by atoms with van der Waals surface area (Å²) >= 11 is 0. The number of rotatable bonds is 9. The second-order valence-electron chi connectivity index (χ2n) is 4.75. The molecule has 0 heterocycles. The number of hydrogen-bond acceptors (Lipinski definition) is 5. The van der Waals surface area contributed by atoms with Crippen molar-refractivity contribution in [1.29, 1.82) is 0 Å². The molecule has 0 radical (unpaired) electrons. The van der Waals surface area contributed by atoms with Crippen LogP contribution in [0.5, 0.6) is 0 Å². The molecule has 3 N–H and O–H groups in total. The number of benzene rings is 1.